The first-order chi connectivity index (χ1) is 7.79. The van der Waals surface area contributed by atoms with Gasteiger partial charge in [-0.05, 0) is 0 Å². The third-order valence-electron chi connectivity index (χ3n) is 3.21. The highest BCUT2D eigenvalue weighted by Crippen LogP contribution is 2.07. The van der Waals surface area contributed by atoms with E-state index in [9.17, 15) is 4.79 Å². The molecule has 0 saturated carbocycles. The fourth-order valence-corrected chi connectivity index (χ4v) is 2.12. The normalized spacial score (nSPS) is 22.4. The highest BCUT2D eigenvalue weighted by molar-refractivity contribution is 5.84. The Morgan fingerprint density at radius 1 is 1.25 bits per heavy atom. The van der Waals surface area contributed by atoms with Crippen molar-refractivity contribution in [3.63, 3.8) is 0 Å². The minimum atomic E-state index is 0.0506. The largest absolute Gasteiger partial charge is 0.411 e. The second-order valence-corrected chi connectivity index (χ2v) is 4.23. The molecule has 2 aliphatic heterocycles. The van der Waals surface area contributed by atoms with Crippen LogP contribution in [-0.2, 0) is 0 Å². The Bertz CT molecular complexity index is 283. The van der Waals surface area contributed by atoms with Gasteiger partial charge >= 0.3 is 6.03 Å². The fourth-order valence-electron chi connectivity index (χ4n) is 2.12. The summed E-state index contributed by atoms with van der Waals surface area (Å²) in [4.78, 5) is 15.4. The zero-order valence-electron chi connectivity index (χ0n) is 9.35. The molecular formula is C10H18N4O2. The van der Waals surface area contributed by atoms with Crippen LogP contribution >= 0.6 is 0 Å². The van der Waals surface area contributed by atoms with Crippen molar-refractivity contribution < 1.29 is 10.0 Å². The lowest BCUT2D eigenvalue weighted by Crippen LogP contribution is -2.40. The molecule has 0 unspecified atom stereocenters. The first-order valence-corrected chi connectivity index (χ1v) is 5.74. The maximum absolute atomic E-state index is 11.3. The molecule has 0 spiro atoms. The van der Waals surface area contributed by atoms with Crippen LogP contribution in [0.3, 0.4) is 0 Å². The number of likely N-dealkylation sites (tertiary alicyclic amines) is 1. The van der Waals surface area contributed by atoms with Crippen LogP contribution < -0.4 is 5.32 Å². The van der Waals surface area contributed by atoms with Crippen LogP contribution in [0.5, 0.6) is 0 Å². The molecule has 0 aromatic rings. The van der Waals surface area contributed by atoms with Gasteiger partial charge in [-0.2, -0.15) is 0 Å². The van der Waals surface area contributed by atoms with E-state index in [1.807, 2.05) is 4.90 Å². The Balaban J connectivity index is 1.69. The number of urea groups is 1. The number of hydrogen-bond acceptors (Lipinski definition) is 4. The summed E-state index contributed by atoms with van der Waals surface area (Å²) in [5.74, 6) is 0. The van der Waals surface area contributed by atoms with Crippen molar-refractivity contribution in [3.05, 3.63) is 0 Å². The highest BCUT2D eigenvalue weighted by Gasteiger charge is 2.21. The Labute approximate surface area is 94.9 Å². The lowest BCUT2D eigenvalue weighted by atomic mass is 10.1. The molecule has 2 saturated heterocycles. The number of amides is 2. The summed E-state index contributed by atoms with van der Waals surface area (Å²) in [5, 5.41) is 14.7. The summed E-state index contributed by atoms with van der Waals surface area (Å²) in [5.41, 5.74) is 0.884. The quantitative estimate of drug-likeness (QED) is 0.523. The van der Waals surface area contributed by atoms with E-state index in [1.165, 1.54) is 0 Å². The monoisotopic (exact) mass is 226 g/mol. The Hall–Kier alpha value is -1.30. The second kappa shape index (κ2) is 5.16. The maximum atomic E-state index is 11.3. The maximum Gasteiger partial charge on any atom is 0.317 e. The third kappa shape index (κ3) is 2.63. The van der Waals surface area contributed by atoms with Crippen LogP contribution in [0.4, 0.5) is 4.79 Å². The number of rotatable bonds is 3. The summed E-state index contributed by atoms with van der Waals surface area (Å²) in [7, 11) is 0. The Kier molecular flexibility index (Phi) is 3.61. The molecule has 2 heterocycles. The highest BCUT2D eigenvalue weighted by atomic mass is 16.4. The van der Waals surface area contributed by atoms with Crippen LogP contribution in [0.15, 0.2) is 5.16 Å². The molecule has 0 aliphatic carbocycles. The van der Waals surface area contributed by atoms with Crippen molar-refractivity contribution in [1.82, 2.24) is 15.1 Å². The Morgan fingerprint density at radius 3 is 2.56 bits per heavy atom. The van der Waals surface area contributed by atoms with Gasteiger partial charge in [0.25, 0.3) is 0 Å². The fraction of sp³-hybridized carbons (Fsp3) is 0.800. The summed E-state index contributed by atoms with van der Waals surface area (Å²) in [6, 6.07) is 0.0506. The smallest absolute Gasteiger partial charge is 0.317 e. The van der Waals surface area contributed by atoms with Crippen LogP contribution in [-0.4, -0.2) is 66.0 Å². The molecule has 0 aromatic carbocycles. The Morgan fingerprint density at radius 2 is 2.00 bits per heavy atom. The van der Waals surface area contributed by atoms with Gasteiger partial charge in [0.2, 0.25) is 0 Å². The van der Waals surface area contributed by atoms with Crippen molar-refractivity contribution in [2.75, 3.05) is 39.3 Å². The lowest BCUT2D eigenvalue weighted by molar-refractivity contribution is 0.199. The van der Waals surface area contributed by atoms with Gasteiger partial charge in [0.15, 0.2) is 0 Å². The summed E-state index contributed by atoms with van der Waals surface area (Å²) >= 11 is 0. The van der Waals surface area contributed by atoms with Gasteiger partial charge < -0.3 is 20.3 Å². The van der Waals surface area contributed by atoms with Crippen molar-refractivity contribution in [1.29, 1.82) is 0 Å². The number of nitrogens with one attached hydrogen (secondary N) is 1. The van der Waals surface area contributed by atoms with Gasteiger partial charge in [-0.1, -0.05) is 5.16 Å². The molecule has 2 rings (SSSR count). The van der Waals surface area contributed by atoms with Crippen LogP contribution in [0.25, 0.3) is 0 Å². The van der Waals surface area contributed by atoms with Gasteiger partial charge in [0, 0.05) is 52.1 Å². The van der Waals surface area contributed by atoms with Gasteiger partial charge in [-0.25, -0.2) is 4.79 Å². The van der Waals surface area contributed by atoms with E-state index < -0.39 is 0 Å². The van der Waals surface area contributed by atoms with Gasteiger partial charge in [-0.15, -0.1) is 0 Å². The zero-order chi connectivity index (χ0) is 11.4. The lowest BCUT2D eigenvalue weighted by Gasteiger charge is -2.28. The van der Waals surface area contributed by atoms with Gasteiger partial charge in [-0.3, -0.25) is 0 Å². The molecule has 2 N–H and O–H groups in total. The molecule has 2 fully saturated rings. The number of oxime groups is 1. The molecule has 0 aromatic heterocycles. The predicted molar refractivity (Wildman–Crippen MR) is 59.9 cm³/mol. The van der Waals surface area contributed by atoms with E-state index in [-0.39, 0.29) is 6.03 Å². The van der Waals surface area contributed by atoms with Crippen molar-refractivity contribution >= 4 is 11.7 Å². The molecule has 90 valence electrons. The first-order valence-electron chi connectivity index (χ1n) is 5.74. The van der Waals surface area contributed by atoms with Crippen molar-refractivity contribution in [2.24, 2.45) is 5.16 Å². The van der Waals surface area contributed by atoms with Gasteiger partial charge in [0.05, 0.1) is 5.71 Å². The molecule has 0 radical (unpaired) electrons. The van der Waals surface area contributed by atoms with E-state index in [2.05, 4.69) is 15.4 Å². The molecule has 6 heteroatoms. The van der Waals surface area contributed by atoms with Crippen LogP contribution in [0.1, 0.15) is 12.8 Å². The van der Waals surface area contributed by atoms with Crippen molar-refractivity contribution in [2.45, 2.75) is 12.8 Å². The molecule has 2 aliphatic rings. The molecule has 2 amide bonds. The third-order valence-corrected chi connectivity index (χ3v) is 3.21. The van der Waals surface area contributed by atoms with E-state index >= 15 is 0 Å². The summed E-state index contributed by atoms with van der Waals surface area (Å²) in [6.07, 6.45) is 1.67. The number of nitrogens with zero attached hydrogens (tertiary/aromatic N) is 3. The predicted octanol–water partition coefficient (Wildman–Crippen LogP) is -0.0624. The standard InChI is InChI=1S/C10H18N4O2/c15-10-11-3-6-14(10)8-7-13-4-1-9(12-16)2-5-13/h16H,1-8H2,(H,11,15). The minimum absolute atomic E-state index is 0.0506. The minimum Gasteiger partial charge on any atom is -0.411 e. The summed E-state index contributed by atoms with van der Waals surface area (Å²) in [6.45, 7) is 5.13. The molecular weight excluding hydrogens is 208 g/mol. The van der Waals surface area contributed by atoms with E-state index in [0.29, 0.717) is 0 Å². The zero-order valence-corrected chi connectivity index (χ0v) is 9.35. The van der Waals surface area contributed by atoms with E-state index in [4.69, 9.17) is 5.21 Å². The van der Waals surface area contributed by atoms with Crippen LogP contribution in [0.2, 0.25) is 0 Å². The number of carbonyl (C=O) groups excluding carboxylic acids is 1. The SMILES string of the molecule is O=C1NCCN1CCN1CCC(=NO)CC1. The average Bonchev–Trinajstić information content (AvgIpc) is 2.73. The van der Waals surface area contributed by atoms with Crippen LogP contribution in [0, 0.1) is 0 Å². The number of hydrogen-bond donors (Lipinski definition) is 2. The molecule has 16 heavy (non-hydrogen) atoms. The average molecular weight is 226 g/mol. The molecule has 0 atom stereocenters. The van der Waals surface area contributed by atoms with Gasteiger partial charge in [0.1, 0.15) is 0 Å². The molecule has 6 nitrogen and oxygen atoms in total. The number of piperidine rings is 1. The first kappa shape index (κ1) is 11.2. The summed E-state index contributed by atoms with van der Waals surface area (Å²) < 4.78 is 0. The van der Waals surface area contributed by atoms with E-state index in [0.717, 1.165) is 57.8 Å². The van der Waals surface area contributed by atoms with E-state index in [1.54, 1.807) is 0 Å². The second-order valence-electron chi connectivity index (χ2n) is 4.23. The van der Waals surface area contributed by atoms with Crippen molar-refractivity contribution in [3.8, 4) is 0 Å². The topological polar surface area (TPSA) is 68.2 Å². The number of carbonyl (C=O) groups is 1. The molecule has 0 bridgehead atoms.